The average molecular weight is 191 g/mol. The van der Waals surface area contributed by atoms with Crippen molar-refractivity contribution in [2.24, 2.45) is 5.73 Å². The van der Waals surface area contributed by atoms with Gasteiger partial charge < -0.3 is 10.3 Å². The molecule has 0 aliphatic carbocycles. The number of hydrogen-bond acceptors (Lipinski definition) is 2. The van der Waals surface area contributed by atoms with E-state index in [4.69, 9.17) is 5.73 Å². The highest BCUT2D eigenvalue weighted by Gasteiger charge is 2.12. The molecule has 0 spiro atoms. The highest BCUT2D eigenvalue weighted by atomic mass is 15.1. The molecule has 0 saturated heterocycles. The van der Waals surface area contributed by atoms with Gasteiger partial charge in [-0.15, -0.1) is 0 Å². The summed E-state index contributed by atoms with van der Waals surface area (Å²) in [5.41, 5.74) is 7.59. The number of fused-ring (bicyclic) bond motifs is 1. The van der Waals surface area contributed by atoms with Gasteiger partial charge in [0.2, 0.25) is 0 Å². The van der Waals surface area contributed by atoms with Crippen LogP contribution in [0.25, 0.3) is 5.57 Å². The molecule has 3 heteroatoms. The van der Waals surface area contributed by atoms with Gasteiger partial charge in [0, 0.05) is 19.2 Å². The third kappa shape index (κ3) is 1.73. The van der Waals surface area contributed by atoms with Gasteiger partial charge in [-0.2, -0.15) is 0 Å². The fraction of sp³-hybridized carbons (Fsp3) is 0.545. The maximum Gasteiger partial charge on any atom is 0.109 e. The van der Waals surface area contributed by atoms with Crippen molar-refractivity contribution in [1.82, 2.24) is 9.55 Å². The van der Waals surface area contributed by atoms with E-state index in [-0.39, 0.29) is 0 Å². The first-order chi connectivity index (χ1) is 6.81. The van der Waals surface area contributed by atoms with Crippen LogP contribution in [-0.2, 0) is 13.0 Å². The van der Waals surface area contributed by atoms with Crippen LogP contribution >= 0.6 is 0 Å². The Hall–Kier alpha value is -1.09. The third-order valence-corrected chi connectivity index (χ3v) is 2.72. The zero-order valence-corrected chi connectivity index (χ0v) is 8.50. The van der Waals surface area contributed by atoms with Crippen molar-refractivity contribution in [3.05, 3.63) is 24.3 Å². The van der Waals surface area contributed by atoms with Crippen molar-refractivity contribution in [2.75, 3.05) is 6.54 Å². The number of aryl methyl sites for hydroxylation is 2. The maximum absolute atomic E-state index is 5.49. The smallest absolute Gasteiger partial charge is 0.109 e. The molecular formula is C11H17N3. The molecule has 1 aromatic rings. The van der Waals surface area contributed by atoms with Gasteiger partial charge in [-0.25, -0.2) is 4.98 Å². The van der Waals surface area contributed by atoms with Crippen LogP contribution < -0.4 is 5.73 Å². The monoisotopic (exact) mass is 191 g/mol. The minimum Gasteiger partial charge on any atom is -0.334 e. The van der Waals surface area contributed by atoms with E-state index < -0.39 is 0 Å². The van der Waals surface area contributed by atoms with Crippen LogP contribution in [0.3, 0.4) is 0 Å². The molecule has 0 aromatic carbocycles. The number of hydrogen-bond donors (Lipinski definition) is 1. The quantitative estimate of drug-likeness (QED) is 0.788. The van der Waals surface area contributed by atoms with E-state index in [0.717, 1.165) is 30.7 Å². The van der Waals surface area contributed by atoms with E-state index in [9.17, 15) is 0 Å². The highest BCUT2D eigenvalue weighted by molar-refractivity contribution is 5.59. The van der Waals surface area contributed by atoms with Crippen LogP contribution in [0, 0.1) is 0 Å². The summed E-state index contributed by atoms with van der Waals surface area (Å²) in [6.07, 6.45) is 6.60. The molecule has 76 valence electrons. The topological polar surface area (TPSA) is 43.8 Å². The Labute approximate surface area is 84.6 Å². The van der Waals surface area contributed by atoms with E-state index in [1.807, 2.05) is 0 Å². The van der Waals surface area contributed by atoms with E-state index in [1.54, 1.807) is 0 Å². The van der Waals surface area contributed by atoms with Crippen molar-refractivity contribution >= 4 is 5.57 Å². The normalized spacial score (nSPS) is 15.2. The molecule has 1 aromatic heterocycles. The number of aromatic nitrogens is 2. The molecule has 2 N–H and O–H groups in total. The van der Waals surface area contributed by atoms with Gasteiger partial charge >= 0.3 is 0 Å². The molecule has 0 saturated carbocycles. The van der Waals surface area contributed by atoms with Crippen LogP contribution in [0.2, 0.25) is 0 Å². The average Bonchev–Trinajstić information content (AvgIpc) is 2.61. The zero-order valence-electron chi connectivity index (χ0n) is 8.50. The van der Waals surface area contributed by atoms with Gasteiger partial charge in [-0.3, -0.25) is 0 Å². The first-order valence-electron chi connectivity index (χ1n) is 5.25. The van der Waals surface area contributed by atoms with Gasteiger partial charge in [0.25, 0.3) is 0 Å². The Morgan fingerprint density at radius 1 is 1.57 bits per heavy atom. The van der Waals surface area contributed by atoms with Crippen molar-refractivity contribution < 1.29 is 0 Å². The second-order valence-electron chi connectivity index (χ2n) is 3.84. The van der Waals surface area contributed by atoms with Crippen LogP contribution in [0.4, 0.5) is 0 Å². The summed E-state index contributed by atoms with van der Waals surface area (Å²) in [5.74, 6) is 1.21. The first kappa shape index (κ1) is 9.46. The van der Waals surface area contributed by atoms with Crippen LogP contribution in [0.5, 0.6) is 0 Å². The molecule has 0 unspecified atom stereocenters. The Kier molecular flexibility index (Phi) is 2.68. The first-order valence-corrected chi connectivity index (χ1v) is 5.25. The Morgan fingerprint density at radius 3 is 3.14 bits per heavy atom. The van der Waals surface area contributed by atoms with Gasteiger partial charge in [0.1, 0.15) is 5.82 Å². The van der Waals surface area contributed by atoms with Crippen LogP contribution in [0.1, 0.15) is 30.8 Å². The van der Waals surface area contributed by atoms with Gasteiger partial charge in [-0.1, -0.05) is 6.58 Å². The minimum atomic E-state index is 0.654. The predicted octanol–water partition coefficient (Wildman–Crippen LogP) is 1.58. The molecule has 0 atom stereocenters. The molecule has 0 amide bonds. The Balaban J connectivity index is 2.19. The minimum absolute atomic E-state index is 0.654. The lowest BCUT2D eigenvalue weighted by atomic mass is 10.2. The number of rotatable bonds is 3. The molecule has 0 radical (unpaired) electrons. The third-order valence-electron chi connectivity index (χ3n) is 2.72. The largest absolute Gasteiger partial charge is 0.334 e. The van der Waals surface area contributed by atoms with E-state index in [0.29, 0.717) is 6.54 Å². The number of nitrogens with two attached hydrogens (primary N) is 1. The lowest BCUT2D eigenvalue weighted by molar-refractivity contribution is 0.522. The second-order valence-corrected chi connectivity index (χ2v) is 3.84. The summed E-state index contributed by atoms with van der Waals surface area (Å²) in [6.45, 7) is 5.77. The molecule has 1 aliphatic heterocycles. The second kappa shape index (κ2) is 3.96. The maximum atomic E-state index is 5.49. The molecule has 1 aliphatic rings. The summed E-state index contributed by atoms with van der Waals surface area (Å²) >= 11 is 0. The van der Waals surface area contributed by atoms with Gasteiger partial charge in [-0.05, 0) is 31.4 Å². The lowest BCUT2D eigenvalue weighted by Crippen LogP contribution is -2.08. The van der Waals surface area contributed by atoms with Crippen molar-refractivity contribution in [3.8, 4) is 0 Å². The van der Waals surface area contributed by atoms with E-state index >= 15 is 0 Å². The zero-order chi connectivity index (χ0) is 9.97. The molecule has 14 heavy (non-hydrogen) atoms. The standard InChI is InChI=1S/C11H17N3/c1-9(5-6-12)10-8-14-7-3-2-4-11(14)13-10/h8H,1-7,12H2. The fourth-order valence-electron chi connectivity index (χ4n) is 1.89. The molecule has 0 bridgehead atoms. The van der Waals surface area contributed by atoms with Crippen molar-refractivity contribution in [2.45, 2.75) is 32.2 Å². The SMILES string of the molecule is C=C(CCN)c1cn2c(n1)CCCC2. The van der Waals surface area contributed by atoms with Crippen LogP contribution in [-0.4, -0.2) is 16.1 Å². The van der Waals surface area contributed by atoms with Crippen molar-refractivity contribution in [3.63, 3.8) is 0 Å². The molecular weight excluding hydrogens is 174 g/mol. The van der Waals surface area contributed by atoms with Crippen molar-refractivity contribution in [1.29, 1.82) is 0 Å². The predicted molar refractivity (Wildman–Crippen MR) is 57.9 cm³/mol. The fourth-order valence-corrected chi connectivity index (χ4v) is 1.89. The number of imidazole rings is 1. The van der Waals surface area contributed by atoms with Crippen LogP contribution in [0.15, 0.2) is 12.8 Å². The summed E-state index contributed by atoms with van der Waals surface area (Å²) < 4.78 is 2.25. The number of nitrogens with zero attached hydrogens (tertiary/aromatic N) is 2. The Morgan fingerprint density at radius 2 is 2.43 bits per heavy atom. The summed E-state index contributed by atoms with van der Waals surface area (Å²) in [7, 11) is 0. The van der Waals surface area contributed by atoms with Gasteiger partial charge in [0.05, 0.1) is 5.69 Å². The van der Waals surface area contributed by atoms with Gasteiger partial charge in [0.15, 0.2) is 0 Å². The molecule has 3 nitrogen and oxygen atoms in total. The Bertz CT molecular complexity index is 315. The lowest BCUT2D eigenvalue weighted by Gasteiger charge is -2.11. The van der Waals surface area contributed by atoms with E-state index in [2.05, 4.69) is 22.3 Å². The summed E-state index contributed by atoms with van der Waals surface area (Å²) in [4.78, 5) is 4.58. The molecule has 2 heterocycles. The summed E-state index contributed by atoms with van der Waals surface area (Å²) in [6, 6.07) is 0. The molecule has 2 rings (SSSR count). The summed E-state index contributed by atoms with van der Waals surface area (Å²) in [5, 5.41) is 0. The highest BCUT2D eigenvalue weighted by Crippen LogP contribution is 2.19. The van der Waals surface area contributed by atoms with E-state index in [1.165, 1.54) is 18.7 Å². The molecule has 0 fully saturated rings.